The Balaban J connectivity index is 1.42. The van der Waals surface area contributed by atoms with Gasteiger partial charge in [0.25, 0.3) is 5.91 Å². The molecule has 0 fully saturated rings. The summed E-state index contributed by atoms with van der Waals surface area (Å²) >= 11 is 1.23. The molecule has 1 atom stereocenters. The maximum Gasteiger partial charge on any atom is 0.332 e. The first-order valence-electron chi connectivity index (χ1n) is 10.8. The third-order valence-corrected chi connectivity index (χ3v) is 7.03. The first-order chi connectivity index (χ1) is 16.6. The zero-order chi connectivity index (χ0) is 23.2. The number of carbonyl (C=O) groups excluding carboxylic acids is 2. The molecule has 9 nitrogen and oxygen atoms in total. The van der Waals surface area contributed by atoms with Gasteiger partial charge in [-0.1, -0.05) is 36.4 Å². The number of nitrogens with one attached hydrogen (secondary N) is 2. The number of hydrogen-bond donors (Lipinski definition) is 3. The van der Waals surface area contributed by atoms with Crippen LogP contribution in [0.5, 0.6) is 0 Å². The van der Waals surface area contributed by atoms with Gasteiger partial charge in [0.15, 0.2) is 5.82 Å². The predicted molar refractivity (Wildman–Crippen MR) is 131 cm³/mol. The van der Waals surface area contributed by atoms with Crippen LogP contribution in [-0.4, -0.2) is 33.2 Å². The van der Waals surface area contributed by atoms with E-state index in [0.29, 0.717) is 38.0 Å². The van der Waals surface area contributed by atoms with Gasteiger partial charge in [0, 0.05) is 23.5 Å². The Morgan fingerprint density at radius 2 is 2.06 bits per heavy atom. The molecule has 0 spiro atoms. The Morgan fingerprint density at radius 3 is 2.85 bits per heavy atom. The maximum absolute atomic E-state index is 13.3. The van der Waals surface area contributed by atoms with Gasteiger partial charge in [-0.05, 0) is 30.5 Å². The number of hydrogen-bond acceptors (Lipinski definition) is 7. The van der Waals surface area contributed by atoms with E-state index < -0.39 is 6.03 Å². The molecule has 2 aliphatic rings. The lowest BCUT2D eigenvalue weighted by Gasteiger charge is -2.27. The highest BCUT2D eigenvalue weighted by atomic mass is 32.1. The van der Waals surface area contributed by atoms with Gasteiger partial charge in [0.2, 0.25) is 0 Å². The number of allylic oxidation sites excluding steroid dienone is 1. The topological polar surface area (TPSA) is 126 Å². The molecule has 6 rings (SSSR count). The van der Waals surface area contributed by atoms with E-state index in [0.717, 1.165) is 24.0 Å². The molecule has 4 heterocycles. The molecular formula is C24H19N7O2S. The van der Waals surface area contributed by atoms with E-state index >= 15 is 0 Å². The Hall–Kier alpha value is -4.15. The molecule has 0 unspecified atom stereocenters. The van der Waals surface area contributed by atoms with Gasteiger partial charge in [-0.25, -0.2) is 14.7 Å². The maximum atomic E-state index is 13.3. The summed E-state index contributed by atoms with van der Waals surface area (Å²) in [6, 6.07) is 12.7. The zero-order valence-corrected chi connectivity index (χ0v) is 18.7. The zero-order valence-electron chi connectivity index (χ0n) is 17.9. The summed E-state index contributed by atoms with van der Waals surface area (Å²) in [4.78, 5) is 33.3. The lowest BCUT2D eigenvalue weighted by Crippen LogP contribution is -2.36. The van der Waals surface area contributed by atoms with Gasteiger partial charge in [-0.15, -0.1) is 16.4 Å². The lowest BCUT2D eigenvalue weighted by atomic mass is 10.1. The van der Waals surface area contributed by atoms with Crippen LogP contribution >= 0.6 is 11.3 Å². The van der Waals surface area contributed by atoms with Crippen molar-refractivity contribution in [2.24, 2.45) is 5.73 Å². The smallest absolute Gasteiger partial charge is 0.324 e. The lowest BCUT2D eigenvalue weighted by molar-refractivity contribution is 0.0969. The van der Waals surface area contributed by atoms with Crippen molar-refractivity contribution < 1.29 is 9.59 Å². The minimum absolute atomic E-state index is 0.191. The summed E-state index contributed by atoms with van der Waals surface area (Å²) in [6.45, 7) is 0. The van der Waals surface area contributed by atoms with Gasteiger partial charge in [-0.3, -0.25) is 4.79 Å². The molecule has 10 heteroatoms. The van der Waals surface area contributed by atoms with Crippen molar-refractivity contribution in [3.05, 3.63) is 71.5 Å². The normalized spacial score (nSPS) is 17.0. The van der Waals surface area contributed by atoms with Gasteiger partial charge in [0.1, 0.15) is 9.71 Å². The fourth-order valence-electron chi connectivity index (χ4n) is 4.28. The van der Waals surface area contributed by atoms with E-state index in [1.165, 1.54) is 16.2 Å². The number of pyridine rings is 1. The molecule has 0 bridgehead atoms. The second kappa shape index (κ2) is 8.01. The average Bonchev–Trinajstić information content (AvgIpc) is 3.44. The Morgan fingerprint density at radius 1 is 1.21 bits per heavy atom. The van der Waals surface area contributed by atoms with Crippen molar-refractivity contribution in [1.29, 1.82) is 0 Å². The largest absolute Gasteiger partial charge is 0.332 e. The summed E-state index contributed by atoms with van der Waals surface area (Å²) in [7, 11) is 0. The Labute approximate surface area is 198 Å². The monoisotopic (exact) mass is 469 g/mol. The molecule has 4 N–H and O–H groups in total. The average molecular weight is 470 g/mol. The van der Waals surface area contributed by atoms with E-state index in [1.54, 1.807) is 18.5 Å². The van der Waals surface area contributed by atoms with Crippen LogP contribution in [0.25, 0.3) is 21.3 Å². The van der Waals surface area contributed by atoms with Gasteiger partial charge >= 0.3 is 6.03 Å². The minimum atomic E-state index is -0.427. The highest BCUT2D eigenvalue weighted by molar-refractivity contribution is 7.21. The molecule has 3 amide bonds. The molecule has 168 valence electrons. The molecule has 0 saturated heterocycles. The van der Waals surface area contributed by atoms with Gasteiger partial charge in [0.05, 0.1) is 23.0 Å². The molecule has 0 radical (unpaired) electrons. The molecule has 1 aliphatic heterocycles. The molecule has 1 aromatic carbocycles. The molecule has 4 aromatic rings. The quantitative estimate of drug-likeness (QED) is 0.412. The first-order valence-corrected chi connectivity index (χ1v) is 11.6. The number of amides is 3. The van der Waals surface area contributed by atoms with Crippen LogP contribution in [-0.2, 0) is 0 Å². The number of anilines is 3. The van der Waals surface area contributed by atoms with Crippen LogP contribution in [0.4, 0.5) is 22.0 Å². The molecule has 34 heavy (non-hydrogen) atoms. The van der Waals surface area contributed by atoms with Crippen molar-refractivity contribution in [3.63, 3.8) is 0 Å². The van der Waals surface area contributed by atoms with Crippen LogP contribution in [0.1, 0.15) is 22.5 Å². The standard InChI is InChI=1S/C24H19N7O2S/c25-15-7-4-8-16(15)28-22(32)21-20-19-17(9-10-26-23(19)34-21)31(24(33)29-20)18-11-14(12-27-30-18)13-5-2-1-3-6-13/h1-3,5-6,8-12,15H,4,7,25H2,(H,28,32)(H,29,33)/t15-/m0/s1. The fraction of sp³-hybridized carbons (Fsp3) is 0.125. The summed E-state index contributed by atoms with van der Waals surface area (Å²) in [5, 5.41) is 14.8. The summed E-state index contributed by atoms with van der Waals surface area (Å²) in [5.74, 6) is 0.0588. The van der Waals surface area contributed by atoms with Gasteiger partial charge in [-0.2, -0.15) is 5.10 Å². The number of rotatable bonds is 4. The molecule has 0 saturated carbocycles. The number of nitrogens with zero attached hydrogens (tertiary/aromatic N) is 4. The van der Waals surface area contributed by atoms with E-state index in [2.05, 4.69) is 25.8 Å². The molecule has 1 aliphatic carbocycles. The van der Waals surface area contributed by atoms with Crippen molar-refractivity contribution in [1.82, 2.24) is 20.5 Å². The third-order valence-electron chi connectivity index (χ3n) is 5.93. The summed E-state index contributed by atoms with van der Waals surface area (Å²) in [5.41, 5.74) is 9.61. The van der Waals surface area contributed by atoms with E-state index in [9.17, 15) is 9.59 Å². The van der Waals surface area contributed by atoms with Crippen molar-refractivity contribution in [2.45, 2.75) is 18.9 Å². The van der Waals surface area contributed by atoms with Crippen LogP contribution < -0.4 is 21.3 Å². The molecular weight excluding hydrogens is 450 g/mol. The number of nitrogens with two attached hydrogens (primary N) is 1. The number of thiophene rings is 1. The van der Waals surface area contributed by atoms with Crippen molar-refractivity contribution >= 4 is 50.7 Å². The van der Waals surface area contributed by atoms with Crippen LogP contribution in [0.15, 0.2) is 66.6 Å². The van der Waals surface area contributed by atoms with Crippen molar-refractivity contribution in [2.75, 3.05) is 10.2 Å². The number of urea groups is 1. The summed E-state index contributed by atoms with van der Waals surface area (Å²) < 4.78 is 0. The third kappa shape index (κ3) is 3.31. The SMILES string of the molecule is N[C@H]1CCC=C1NC(=O)c1sc2nccc3c2c1NC(=O)N3c1cc(-c2ccccc2)cnn1. The summed E-state index contributed by atoms with van der Waals surface area (Å²) in [6.07, 6.45) is 6.84. The van der Waals surface area contributed by atoms with E-state index in [4.69, 9.17) is 5.73 Å². The second-order valence-electron chi connectivity index (χ2n) is 8.05. The van der Waals surface area contributed by atoms with Crippen LogP contribution in [0.3, 0.4) is 0 Å². The van der Waals surface area contributed by atoms with E-state index in [-0.39, 0.29) is 11.9 Å². The van der Waals surface area contributed by atoms with Crippen molar-refractivity contribution in [3.8, 4) is 11.1 Å². The van der Waals surface area contributed by atoms with Crippen LogP contribution in [0.2, 0.25) is 0 Å². The highest BCUT2D eigenvalue weighted by Crippen LogP contribution is 2.45. The first kappa shape index (κ1) is 20.5. The second-order valence-corrected chi connectivity index (χ2v) is 9.05. The molecule has 3 aromatic heterocycles. The fourth-order valence-corrected chi connectivity index (χ4v) is 5.30. The Bertz CT molecular complexity index is 1480. The van der Waals surface area contributed by atoms with Crippen LogP contribution in [0, 0.1) is 0 Å². The predicted octanol–water partition coefficient (Wildman–Crippen LogP) is 4.17. The minimum Gasteiger partial charge on any atom is -0.324 e. The van der Waals surface area contributed by atoms with E-state index in [1.807, 2.05) is 42.5 Å². The number of carbonyl (C=O) groups is 2. The Kier molecular flexibility index (Phi) is 4.82. The van der Waals surface area contributed by atoms with Gasteiger partial charge < -0.3 is 16.4 Å². The highest BCUT2D eigenvalue weighted by Gasteiger charge is 2.34. The number of benzene rings is 1. The number of aromatic nitrogens is 3.